The number of cyclic esters (lactones) is 4. The molecule has 6 aliphatic rings. The Balaban J connectivity index is 1.63. The number of hydrogen-bond acceptors (Lipinski definition) is 6. The number of ether oxygens (including phenoxy) is 2. The van der Waals surface area contributed by atoms with E-state index in [-0.39, 0.29) is 23.7 Å². The lowest BCUT2D eigenvalue weighted by Gasteiger charge is -2.59. The summed E-state index contributed by atoms with van der Waals surface area (Å²) in [6.45, 7) is 0. The SMILES string of the molecule is O=C1OC(=O)[C@H]2[C@@H]1[C@@H]1C3C=CC([C@H]21)[C@H]1C(=O)OC(=O)[C@@H]31. The first-order valence-electron chi connectivity index (χ1n) is 6.79. The fraction of sp³-hybridized carbons (Fsp3) is 0.571. The van der Waals surface area contributed by atoms with Crippen LogP contribution in [0.2, 0.25) is 0 Å². The molecule has 2 unspecified atom stereocenters. The van der Waals surface area contributed by atoms with Gasteiger partial charge in [0.2, 0.25) is 0 Å². The Kier molecular flexibility index (Phi) is 1.63. The van der Waals surface area contributed by atoms with E-state index < -0.39 is 47.5 Å². The van der Waals surface area contributed by atoms with Gasteiger partial charge in [0.1, 0.15) is 0 Å². The predicted octanol–water partition coefficient (Wildman–Crippen LogP) is -0.320. The Morgan fingerprint density at radius 1 is 0.600 bits per heavy atom. The van der Waals surface area contributed by atoms with Crippen LogP contribution in [0.4, 0.5) is 0 Å². The molecule has 20 heavy (non-hydrogen) atoms. The molecule has 8 atom stereocenters. The summed E-state index contributed by atoms with van der Waals surface area (Å²) in [6.07, 6.45) is 3.83. The monoisotopic (exact) mass is 274 g/mol. The lowest BCUT2D eigenvalue weighted by Crippen LogP contribution is -2.63. The molecule has 0 amide bonds. The van der Waals surface area contributed by atoms with Crippen molar-refractivity contribution in [3.05, 3.63) is 12.2 Å². The average molecular weight is 274 g/mol. The number of rotatable bonds is 0. The Morgan fingerprint density at radius 3 is 1.35 bits per heavy atom. The minimum absolute atomic E-state index is 0.0614. The highest BCUT2D eigenvalue weighted by Crippen LogP contribution is 2.67. The Labute approximate surface area is 113 Å². The molecule has 0 aromatic carbocycles. The molecule has 0 spiro atoms. The van der Waals surface area contributed by atoms with E-state index in [1.165, 1.54) is 0 Å². The number of fused-ring (bicyclic) bond motifs is 1. The van der Waals surface area contributed by atoms with Gasteiger partial charge in [-0.1, -0.05) is 12.2 Å². The van der Waals surface area contributed by atoms with Crippen molar-refractivity contribution in [1.82, 2.24) is 0 Å². The summed E-state index contributed by atoms with van der Waals surface area (Å²) in [5.74, 6) is -4.26. The first kappa shape index (κ1) is 10.8. The predicted molar refractivity (Wildman–Crippen MR) is 59.3 cm³/mol. The van der Waals surface area contributed by atoms with Gasteiger partial charge in [0, 0.05) is 0 Å². The van der Waals surface area contributed by atoms with E-state index in [0.717, 1.165) is 0 Å². The quantitative estimate of drug-likeness (QED) is 0.342. The number of carbonyl (C=O) groups excluding carboxylic acids is 4. The number of esters is 4. The first-order chi connectivity index (χ1) is 9.59. The molecule has 0 N–H and O–H groups in total. The molecule has 2 aliphatic heterocycles. The van der Waals surface area contributed by atoms with E-state index >= 15 is 0 Å². The summed E-state index contributed by atoms with van der Waals surface area (Å²) in [7, 11) is 0. The zero-order valence-electron chi connectivity index (χ0n) is 10.2. The average Bonchev–Trinajstić information content (AvgIpc) is 2.78. The molecule has 0 aromatic rings. The van der Waals surface area contributed by atoms with Gasteiger partial charge in [0.15, 0.2) is 0 Å². The molecule has 2 saturated carbocycles. The Bertz CT molecular complexity index is 582. The lowest BCUT2D eigenvalue weighted by molar-refractivity contribution is -0.166. The van der Waals surface area contributed by atoms with Crippen molar-refractivity contribution in [2.45, 2.75) is 0 Å². The van der Waals surface area contributed by atoms with E-state index in [9.17, 15) is 19.2 Å². The third-order valence-corrected chi connectivity index (χ3v) is 5.81. The van der Waals surface area contributed by atoms with Crippen molar-refractivity contribution in [3.8, 4) is 0 Å². The van der Waals surface area contributed by atoms with Gasteiger partial charge in [-0.15, -0.1) is 0 Å². The van der Waals surface area contributed by atoms with Gasteiger partial charge in [-0.05, 0) is 23.7 Å². The maximum atomic E-state index is 11.9. The van der Waals surface area contributed by atoms with Gasteiger partial charge < -0.3 is 9.47 Å². The fourth-order valence-electron chi connectivity index (χ4n) is 5.20. The molecule has 0 radical (unpaired) electrons. The maximum Gasteiger partial charge on any atom is 0.318 e. The standard InChI is InChI=1S/C14H10O6/c15-11-7-3-1-2-4(8(7)12(16)19-11)6-5(3)9-10(6)14(18)20-13(9)17/h1-10H/t3?,4?,5-,6+,7+,8-,9+,10-. The highest BCUT2D eigenvalue weighted by atomic mass is 16.6. The molecule has 2 heterocycles. The zero-order valence-corrected chi connectivity index (χ0v) is 10.2. The molecular weight excluding hydrogens is 264 g/mol. The van der Waals surface area contributed by atoms with E-state index in [0.29, 0.717) is 0 Å². The summed E-state index contributed by atoms with van der Waals surface area (Å²) >= 11 is 0. The maximum absolute atomic E-state index is 11.9. The molecule has 102 valence electrons. The van der Waals surface area contributed by atoms with Gasteiger partial charge in [0.05, 0.1) is 23.7 Å². The Hall–Kier alpha value is -1.98. The minimum atomic E-state index is -0.487. The molecule has 6 heteroatoms. The number of carbonyl (C=O) groups is 4. The van der Waals surface area contributed by atoms with Crippen molar-refractivity contribution in [2.24, 2.45) is 47.3 Å². The van der Waals surface area contributed by atoms with Crippen molar-refractivity contribution in [3.63, 3.8) is 0 Å². The topological polar surface area (TPSA) is 86.7 Å². The third kappa shape index (κ3) is 0.910. The summed E-state index contributed by atoms with van der Waals surface area (Å²) in [6, 6.07) is 0. The smallest absolute Gasteiger partial charge is 0.318 e. The summed E-state index contributed by atoms with van der Waals surface area (Å²) in [5.41, 5.74) is 0. The van der Waals surface area contributed by atoms with Gasteiger partial charge in [-0.25, -0.2) is 0 Å². The minimum Gasteiger partial charge on any atom is -0.393 e. The number of hydrogen-bond donors (Lipinski definition) is 0. The van der Waals surface area contributed by atoms with Gasteiger partial charge >= 0.3 is 23.9 Å². The summed E-state index contributed by atoms with van der Waals surface area (Å²) in [4.78, 5) is 47.3. The van der Waals surface area contributed by atoms with Gasteiger partial charge in [0.25, 0.3) is 0 Å². The van der Waals surface area contributed by atoms with Gasteiger partial charge in [-0.3, -0.25) is 19.2 Å². The molecule has 4 aliphatic carbocycles. The van der Waals surface area contributed by atoms with Gasteiger partial charge in [-0.2, -0.15) is 0 Å². The summed E-state index contributed by atoms with van der Waals surface area (Å²) < 4.78 is 9.50. The van der Waals surface area contributed by atoms with E-state index in [2.05, 4.69) is 0 Å². The van der Waals surface area contributed by atoms with Crippen LogP contribution in [0.1, 0.15) is 0 Å². The second kappa shape index (κ2) is 3.02. The molecule has 6 nitrogen and oxygen atoms in total. The third-order valence-electron chi connectivity index (χ3n) is 5.81. The normalized spacial score (nSPS) is 54.0. The number of allylic oxidation sites excluding steroid dienone is 2. The second-order valence-corrected chi connectivity index (χ2v) is 6.28. The molecular formula is C14H10O6. The van der Waals surface area contributed by atoms with E-state index in [1.54, 1.807) is 0 Å². The molecule has 0 aromatic heterocycles. The Morgan fingerprint density at radius 2 is 0.950 bits per heavy atom. The molecule has 2 bridgehead atoms. The first-order valence-corrected chi connectivity index (χ1v) is 6.79. The zero-order chi connectivity index (χ0) is 13.8. The van der Waals surface area contributed by atoms with Crippen LogP contribution in [-0.4, -0.2) is 23.9 Å². The van der Waals surface area contributed by atoms with Crippen molar-refractivity contribution < 1.29 is 28.7 Å². The largest absolute Gasteiger partial charge is 0.393 e. The van der Waals surface area contributed by atoms with Crippen LogP contribution in [0.25, 0.3) is 0 Å². The lowest BCUT2D eigenvalue weighted by atomic mass is 9.40. The van der Waals surface area contributed by atoms with Crippen LogP contribution in [0.5, 0.6) is 0 Å². The van der Waals surface area contributed by atoms with Crippen LogP contribution in [0, 0.1) is 47.3 Å². The van der Waals surface area contributed by atoms with Crippen molar-refractivity contribution in [1.29, 1.82) is 0 Å². The fourth-order valence-corrected chi connectivity index (χ4v) is 5.20. The van der Waals surface area contributed by atoms with Crippen LogP contribution in [0.3, 0.4) is 0 Å². The van der Waals surface area contributed by atoms with Crippen molar-refractivity contribution >= 4 is 23.9 Å². The van der Waals surface area contributed by atoms with Crippen LogP contribution >= 0.6 is 0 Å². The highest BCUT2D eigenvalue weighted by Gasteiger charge is 2.74. The summed E-state index contributed by atoms with van der Waals surface area (Å²) in [5, 5.41) is 0. The van der Waals surface area contributed by atoms with E-state index in [1.807, 2.05) is 12.2 Å². The highest BCUT2D eigenvalue weighted by molar-refractivity contribution is 6.01. The van der Waals surface area contributed by atoms with Crippen LogP contribution in [0.15, 0.2) is 12.2 Å². The molecule has 4 fully saturated rings. The van der Waals surface area contributed by atoms with Crippen molar-refractivity contribution in [2.75, 3.05) is 0 Å². The molecule has 6 rings (SSSR count). The van der Waals surface area contributed by atoms with Crippen LogP contribution < -0.4 is 0 Å². The molecule has 2 saturated heterocycles. The van der Waals surface area contributed by atoms with E-state index in [4.69, 9.17) is 9.47 Å². The second-order valence-electron chi connectivity index (χ2n) is 6.28. The van der Waals surface area contributed by atoms with Crippen LogP contribution in [-0.2, 0) is 28.7 Å².